The molecule has 2 unspecified atom stereocenters. The van der Waals surface area contributed by atoms with E-state index in [2.05, 4.69) is 0 Å². The number of carboxylic acids is 1. The smallest absolute Gasteiger partial charge is 0.326 e. The van der Waals surface area contributed by atoms with Gasteiger partial charge in [-0.2, -0.15) is 0 Å². The van der Waals surface area contributed by atoms with E-state index in [-0.39, 0.29) is 11.8 Å². The van der Waals surface area contributed by atoms with E-state index in [0.717, 1.165) is 6.42 Å². The zero-order valence-corrected chi connectivity index (χ0v) is 9.27. The van der Waals surface area contributed by atoms with E-state index in [0.29, 0.717) is 6.42 Å². The Morgan fingerprint density at radius 3 is 2.40 bits per heavy atom. The Hall–Kier alpha value is -1.10. The Labute approximate surface area is 89.0 Å². The van der Waals surface area contributed by atoms with Crippen LogP contribution in [0.5, 0.6) is 0 Å². The molecule has 3 atom stereocenters. The van der Waals surface area contributed by atoms with Gasteiger partial charge in [0, 0.05) is 20.0 Å². The van der Waals surface area contributed by atoms with Crippen LogP contribution in [-0.2, 0) is 14.3 Å². The Morgan fingerprint density at radius 1 is 1.40 bits per heavy atom. The fourth-order valence-electron chi connectivity index (χ4n) is 2.14. The van der Waals surface area contributed by atoms with E-state index in [1.165, 1.54) is 18.9 Å². The zero-order valence-electron chi connectivity index (χ0n) is 9.27. The number of hydrogen-bond acceptors (Lipinski definition) is 3. The molecular weight excluding hydrogens is 198 g/mol. The molecule has 0 saturated carbocycles. The van der Waals surface area contributed by atoms with Crippen molar-refractivity contribution < 1.29 is 19.4 Å². The molecule has 1 aliphatic heterocycles. The lowest BCUT2D eigenvalue weighted by molar-refractivity contribution is -0.172. The maximum absolute atomic E-state index is 11.4. The van der Waals surface area contributed by atoms with Crippen LogP contribution in [0.4, 0.5) is 0 Å². The Kier molecular flexibility index (Phi) is 3.68. The Bertz CT molecular complexity index is 266. The van der Waals surface area contributed by atoms with Gasteiger partial charge in [0.15, 0.2) is 0 Å². The SMILES string of the molecule is COC1[C@@H](C)CCC(C(=O)O)N1C(C)=O. The topological polar surface area (TPSA) is 66.8 Å². The van der Waals surface area contributed by atoms with Crippen molar-refractivity contribution in [3.05, 3.63) is 0 Å². The third kappa shape index (κ3) is 2.28. The summed E-state index contributed by atoms with van der Waals surface area (Å²) in [7, 11) is 1.50. The van der Waals surface area contributed by atoms with Crippen molar-refractivity contribution in [3.63, 3.8) is 0 Å². The van der Waals surface area contributed by atoms with Gasteiger partial charge in [0.1, 0.15) is 12.3 Å². The first kappa shape index (κ1) is 12.0. The molecule has 5 heteroatoms. The van der Waals surface area contributed by atoms with Crippen molar-refractivity contribution in [2.45, 2.75) is 39.0 Å². The summed E-state index contributed by atoms with van der Waals surface area (Å²) in [6.45, 7) is 3.34. The highest BCUT2D eigenvalue weighted by molar-refractivity contribution is 5.82. The first-order chi connectivity index (χ1) is 6.99. The van der Waals surface area contributed by atoms with Gasteiger partial charge < -0.3 is 14.7 Å². The minimum absolute atomic E-state index is 0.175. The number of nitrogens with zero attached hydrogens (tertiary/aromatic N) is 1. The maximum atomic E-state index is 11.4. The van der Waals surface area contributed by atoms with Crippen LogP contribution in [0.25, 0.3) is 0 Å². The molecule has 5 nitrogen and oxygen atoms in total. The third-order valence-corrected chi connectivity index (χ3v) is 2.88. The average Bonchev–Trinajstić information content (AvgIpc) is 2.16. The van der Waals surface area contributed by atoms with Gasteiger partial charge in [0.2, 0.25) is 5.91 Å². The minimum atomic E-state index is -0.959. The molecule has 1 amide bonds. The Balaban J connectivity index is 2.92. The number of carboxylic acid groups (broad SMARTS) is 1. The largest absolute Gasteiger partial charge is 0.480 e. The molecule has 1 aliphatic rings. The fourth-order valence-corrected chi connectivity index (χ4v) is 2.14. The summed E-state index contributed by atoms with van der Waals surface area (Å²) in [5.41, 5.74) is 0. The number of likely N-dealkylation sites (tertiary alicyclic amines) is 1. The highest BCUT2D eigenvalue weighted by Gasteiger charge is 2.40. The number of aliphatic carboxylic acids is 1. The summed E-state index contributed by atoms with van der Waals surface area (Å²) < 4.78 is 5.20. The zero-order chi connectivity index (χ0) is 11.6. The fraction of sp³-hybridized carbons (Fsp3) is 0.800. The highest BCUT2D eigenvalue weighted by atomic mass is 16.5. The number of amides is 1. The van der Waals surface area contributed by atoms with Crippen LogP contribution in [0.2, 0.25) is 0 Å². The van der Waals surface area contributed by atoms with Crippen LogP contribution in [0.3, 0.4) is 0 Å². The molecule has 0 aromatic rings. The van der Waals surface area contributed by atoms with Crippen molar-refractivity contribution in [2.24, 2.45) is 5.92 Å². The number of hydrogen-bond donors (Lipinski definition) is 1. The molecule has 0 aliphatic carbocycles. The molecule has 1 heterocycles. The lowest BCUT2D eigenvalue weighted by atomic mass is 9.92. The van der Waals surface area contributed by atoms with E-state index < -0.39 is 18.2 Å². The minimum Gasteiger partial charge on any atom is -0.480 e. The summed E-state index contributed by atoms with van der Waals surface area (Å²) in [6.07, 6.45) is 0.840. The molecule has 0 aromatic carbocycles. The predicted molar refractivity (Wildman–Crippen MR) is 53.1 cm³/mol. The number of ether oxygens (including phenoxy) is 1. The second-order valence-corrected chi connectivity index (χ2v) is 3.96. The molecule has 0 aromatic heterocycles. The molecule has 0 bridgehead atoms. The lowest BCUT2D eigenvalue weighted by Crippen LogP contribution is -2.56. The molecule has 1 saturated heterocycles. The van der Waals surface area contributed by atoms with Crippen LogP contribution < -0.4 is 0 Å². The molecule has 0 spiro atoms. The van der Waals surface area contributed by atoms with Crippen molar-refractivity contribution in [1.82, 2.24) is 4.90 Å². The summed E-state index contributed by atoms with van der Waals surface area (Å²) >= 11 is 0. The van der Waals surface area contributed by atoms with Crippen LogP contribution in [0.1, 0.15) is 26.7 Å². The summed E-state index contributed by atoms with van der Waals surface area (Å²) in [5, 5.41) is 9.01. The van der Waals surface area contributed by atoms with Gasteiger partial charge in [-0.05, 0) is 12.8 Å². The highest BCUT2D eigenvalue weighted by Crippen LogP contribution is 2.28. The van der Waals surface area contributed by atoms with Gasteiger partial charge >= 0.3 is 5.97 Å². The normalized spacial score (nSPS) is 31.4. The van der Waals surface area contributed by atoms with Gasteiger partial charge in [-0.3, -0.25) is 4.79 Å². The monoisotopic (exact) mass is 215 g/mol. The van der Waals surface area contributed by atoms with Crippen LogP contribution in [-0.4, -0.2) is 41.3 Å². The van der Waals surface area contributed by atoms with Gasteiger partial charge in [-0.25, -0.2) is 4.79 Å². The summed E-state index contributed by atoms with van der Waals surface area (Å²) in [4.78, 5) is 23.7. The van der Waals surface area contributed by atoms with Crippen molar-refractivity contribution in [1.29, 1.82) is 0 Å². The predicted octanol–water partition coefficient (Wildman–Crippen LogP) is 0.691. The molecule has 0 radical (unpaired) electrons. The van der Waals surface area contributed by atoms with E-state index in [4.69, 9.17) is 9.84 Å². The molecule has 1 N–H and O–H groups in total. The van der Waals surface area contributed by atoms with E-state index in [1.54, 1.807) is 0 Å². The van der Waals surface area contributed by atoms with Crippen molar-refractivity contribution >= 4 is 11.9 Å². The summed E-state index contributed by atoms with van der Waals surface area (Å²) in [5.74, 6) is -1.03. The molecule has 1 rings (SSSR count). The number of piperidine rings is 1. The average molecular weight is 215 g/mol. The van der Waals surface area contributed by atoms with Gasteiger partial charge in [0.05, 0.1) is 0 Å². The van der Waals surface area contributed by atoms with E-state index in [9.17, 15) is 9.59 Å². The van der Waals surface area contributed by atoms with Gasteiger partial charge in [-0.1, -0.05) is 6.92 Å². The number of methoxy groups -OCH3 is 1. The van der Waals surface area contributed by atoms with E-state index >= 15 is 0 Å². The second kappa shape index (κ2) is 4.61. The second-order valence-electron chi connectivity index (χ2n) is 3.96. The van der Waals surface area contributed by atoms with Crippen LogP contribution >= 0.6 is 0 Å². The summed E-state index contributed by atoms with van der Waals surface area (Å²) in [6, 6.07) is -0.747. The number of carbonyl (C=O) groups is 2. The number of rotatable bonds is 2. The molecule has 1 fully saturated rings. The van der Waals surface area contributed by atoms with Gasteiger partial charge in [-0.15, -0.1) is 0 Å². The van der Waals surface area contributed by atoms with Crippen LogP contribution in [0.15, 0.2) is 0 Å². The molecular formula is C10H17NO4. The first-order valence-electron chi connectivity index (χ1n) is 5.03. The Morgan fingerprint density at radius 2 is 2.00 bits per heavy atom. The quantitative estimate of drug-likeness (QED) is 0.736. The maximum Gasteiger partial charge on any atom is 0.326 e. The van der Waals surface area contributed by atoms with Gasteiger partial charge in [0.25, 0.3) is 0 Å². The van der Waals surface area contributed by atoms with Crippen LogP contribution in [0, 0.1) is 5.92 Å². The van der Waals surface area contributed by atoms with E-state index in [1.807, 2.05) is 6.92 Å². The number of carbonyl (C=O) groups excluding carboxylic acids is 1. The molecule has 86 valence electrons. The van der Waals surface area contributed by atoms with Crippen molar-refractivity contribution in [3.8, 4) is 0 Å². The standard InChI is InChI=1S/C10H17NO4/c1-6-4-5-8(10(13)14)11(7(2)12)9(6)15-3/h6,8-9H,4-5H2,1-3H3,(H,13,14)/t6-,8?,9?/m0/s1. The lowest BCUT2D eigenvalue weighted by Gasteiger charge is -2.42. The third-order valence-electron chi connectivity index (χ3n) is 2.88. The molecule has 15 heavy (non-hydrogen) atoms. The first-order valence-corrected chi connectivity index (χ1v) is 5.03. The van der Waals surface area contributed by atoms with Crippen molar-refractivity contribution in [2.75, 3.05) is 7.11 Å².